The molecule has 61 heavy (non-hydrogen) atoms. The highest BCUT2D eigenvalue weighted by atomic mass is 16.8. The molecule has 3 aromatic carbocycles. The van der Waals surface area contributed by atoms with Gasteiger partial charge in [0.05, 0.1) is 33.0 Å². The van der Waals surface area contributed by atoms with Crippen molar-refractivity contribution in [2.45, 2.75) is 147 Å². The van der Waals surface area contributed by atoms with E-state index in [4.69, 9.17) is 47.4 Å². The van der Waals surface area contributed by atoms with Gasteiger partial charge in [-0.25, -0.2) is 0 Å². The van der Waals surface area contributed by atoms with E-state index in [1.807, 2.05) is 91.0 Å². The number of carbonyl (C=O) groups is 3. The first kappa shape index (κ1) is 47.8. The van der Waals surface area contributed by atoms with Gasteiger partial charge in [0.25, 0.3) is 0 Å². The monoisotopic (exact) mass is 850 g/mol. The van der Waals surface area contributed by atoms with Crippen molar-refractivity contribution in [2.24, 2.45) is 0 Å². The van der Waals surface area contributed by atoms with E-state index in [2.05, 4.69) is 0 Å². The Hall–Kier alpha value is -4.25. The number of benzene rings is 3. The van der Waals surface area contributed by atoms with Crippen LogP contribution in [0.25, 0.3) is 0 Å². The number of hydrogen-bond acceptors (Lipinski definition) is 14. The summed E-state index contributed by atoms with van der Waals surface area (Å²) < 4.78 is 62.2. The second-order valence-corrected chi connectivity index (χ2v) is 15.3. The fourth-order valence-electron chi connectivity index (χ4n) is 7.31. The molecule has 0 aliphatic carbocycles. The number of carbonyl (C=O) groups excluding carboxylic acids is 3. The van der Waals surface area contributed by atoms with E-state index in [9.17, 15) is 19.5 Å². The number of aliphatic hydroxyl groups is 1. The number of hydrogen-bond donors (Lipinski definition) is 1. The summed E-state index contributed by atoms with van der Waals surface area (Å²) in [5.41, 5.74) is 2.68. The molecule has 14 heteroatoms. The molecule has 0 aromatic heterocycles. The summed E-state index contributed by atoms with van der Waals surface area (Å²) in [5, 5.41) is 11.4. The third-order valence-electron chi connectivity index (χ3n) is 10.5. The van der Waals surface area contributed by atoms with E-state index >= 15 is 0 Å². The number of rotatable bonds is 24. The summed E-state index contributed by atoms with van der Waals surface area (Å²) in [6.45, 7) is 4.81. The lowest BCUT2D eigenvalue weighted by molar-refractivity contribution is -0.375. The smallest absolute Gasteiger partial charge is 0.305 e. The number of methoxy groups -OCH3 is 1. The maximum atomic E-state index is 12.6. The molecule has 334 valence electrons. The van der Waals surface area contributed by atoms with E-state index in [0.29, 0.717) is 12.8 Å². The molecular formula is C47H62O14. The number of unbranched alkanes of at least 4 members (excludes halogenated alkanes) is 5. The van der Waals surface area contributed by atoms with Crippen LogP contribution in [0.3, 0.4) is 0 Å². The molecule has 0 saturated carbocycles. The Morgan fingerprint density at radius 2 is 1.11 bits per heavy atom. The van der Waals surface area contributed by atoms with Gasteiger partial charge in [0.1, 0.15) is 37.1 Å². The molecule has 2 saturated heterocycles. The highest BCUT2D eigenvalue weighted by Gasteiger charge is 2.54. The average Bonchev–Trinajstić information content (AvgIpc) is 3.26. The Labute approximate surface area is 359 Å². The van der Waals surface area contributed by atoms with E-state index in [0.717, 1.165) is 48.8 Å². The van der Waals surface area contributed by atoms with Crippen molar-refractivity contribution < 1.29 is 66.9 Å². The third-order valence-corrected chi connectivity index (χ3v) is 10.5. The number of ether oxygens (including phenoxy) is 10. The molecular weight excluding hydrogens is 789 g/mol. The molecule has 2 fully saturated rings. The summed E-state index contributed by atoms with van der Waals surface area (Å²) in [5.74, 6) is -1.36. The van der Waals surface area contributed by atoms with Gasteiger partial charge in [0, 0.05) is 26.9 Å². The quantitative estimate of drug-likeness (QED) is 0.0601. The molecule has 0 bridgehead atoms. The molecule has 5 rings (SSSR count). The van der Waals surface area contributed by atoms with Crippen molar-refractivity contribution in [2.75, 3.05) is 20.3 Å². The summed E-state index contributed by atoms with van der Waals surface area (Å²) in [6, 6.07) is 28.9. The number of aliphatic hydroxyl groups excluding tert-OH is 1. The van der Waals surface area contributed by atoms with Gasteiger partial charge in [-0.05, 0) is 36.5 Å². The minimum absolute atomic E-state index is 0.136. The predicted octanol–water partition coefficient (Wildman–Crippen LogP) is 6.37. The predicted molar refractivity (Wildman–Crippen MR) is 221 cm³/mol. The first-order chi connectivity index (χ1) is 29.6. The van der Waals surface area contributed by atoms with Crippen molar-refractivity contribution in [3.8, 4) is 0 Å². The van der Waals surface area contributed by atoms with Crippen LogP contribution < -0.4 is 0 Å². The molecule has 10 atom stereocenters. The Balaban J connectivity index is 1.44. The second-order valence-electron chi connectivity index (χ2n) is 15.3. The zero-order valence-electron chi connectivity index (χ0n) is 35.7. The lowest BCUT2D eigenvalue weighted by Gasteiger charge is -2.49. The van der Waals surface area contributed by atoms with E-state index in [-0.39, 0.29) is 39.0 Å². The Kier molecular flexibility index (Phi) is 20.1. The van der Waals surface area contributed by atoms with Gasteiger partial charge < -0.3 is 52.5 Å². The highest BCUT2D eigenvalue weighted by Crippen LogP contribution is 2.35. The summed E-state index contributed by atoms with van der Waals surface area (Å²) in [7, 11) is 1.39. The normalized spacial score (nSPS) is 26.3. The molecule has 3 aromatic rings. The Bertz CT molecular complexity index is 1710. The molecule has 2 aliphatic heterocycles. The largest absolute Gasteiger partial charge is 0.469 e. The molecule has 0 spiro atoms. The van der Waals surface area contributed by atoms with Crippen molar-refractivity contribution in [1.82, 2.24) is 0 Å². The van der Waals surface area contributed by atoms with Crippen molar-refractivity contribution in [3.05, 3.63) is 108 Å². The maximum Gasteiger partial charge on any atom is 0.305 e. The molecule has 1 N–H and O–H groups in total. The van der Waals surface area contributed by atoms with Crippen LogP contribution in [0.4, 0.5) is 0 Å². The Morgan fingerprint density at radius 1 is 0.590 bits per heavy atom. The average molecular weight is 851 g/mol. The third kappa shape index (κ3) is 15.6. The maximum absolute atomic E-state index is 12.6. The lowest BCUT2D eigenvalue weighted by Crippen LogP contribution is -2.65. The van der Waals surface area contributed by atoms with Crippen LogP contribution >= 0.6 is 0 Å². The fraction of sp³-hybridized carbons (Fsp3) is 0.553. The number of esters is 3. The van der Waals surface area contributed by atoms with Gasteiger partial charge >= 0.3 is 17.9 Å². The minimum atomic E-state index is -1.28. The molecule has 2 aliphatic rings. The van der Waals surface area contributed by atoms with Crippen LogP contribution in [0.15, 0.2) is 91.0 Å². The lowest BCUT2D eigenvalue weighted by atomic mass is 9.96. The first-order valence-corrected chi connectivity index (χ1v) is 21.2. The summed E-state index contributed by atoms with van der Waals surface area (Å²) in [6.07, 6.45) is -4.93. The Morgan fingerprint density at radius 3 is 1.66 bits per heavy atom. The SMILES string of the molecule is COC(=O)CCCCCCCCO[C@H]1O[C@H](C)[C@@H](O)[C@H](OC(C)=O)[C@H]1O[C@H]1O[C@H](COC(C)=O)[C@@H](OCc2ccccc2)[C@H](OCc2ccccc2)[C@H]1OCc1ccccc1. The molecule has 14 nitrogen and oxygen atoms in total. The van der Waals surface area contributed by atoms with Crippen LogP contribution in [0.1, 0.15) is 82.4 Å². The standard InChI is InChI=1S/C47H62O14/c1-32-40(51)42(59-34(3)49)45(46(58-32)53-27-19-8-6-5-7-18-26-39(50)52-4)61-47-44(57-30-37-24-16-11-17-25-37)43(56-29-36-22-14-10-15-23-36)41(38(60-47)31-54-33(2)48)55-28-35-20-12-9-13-21-35/h9-17,20-25,32,38,40-47,51H,5-8,18-19,26-31H2,1-4H3/t32-,38-,40-,41-,42+,43+,44-,45-,46+,47-/m1/s1. The van der Waals surface area contributed by atoms with Gasteiger partial charge in [-0.2, -0.15) is 0 Å². The molecule has 0 radical (unpaired) electrons. The second kappa shape index (κ2) is 25.6. The van der Waals surface area contributed by atoms with Crippen molar-refractivity contribution in [3.63, 3.8) is 0 Å². The molecule has 0 unspecified atom stereocenters. The van der Waals surface area contributed by atoms with Crippen molar-refractivity contribution >= 4 is 17.9 Å². The molecule has 0 amide bonds. The first-order valence-electron chi connectivity index (χ1n) is 21.2. The van der Waals surface area contributed by atoms with Crippen LogP contribution in [0, 0.1) is 0 Å². The summed E-state index contributed by atoms with van der Waals surface area (Å²) in [4.78, 5) is 36.3. The van der Waals surface area contributed by atoms with Gasteiger partial charge in [-0.3, -0.25) is 14.4 Å². The van der Waals surface area contributed by atoms with Gasteiger partial charge in [0.15, 0.2) is 24.8 Å². The van der Waals surface area contributed by atoms with Gasteiger partial charge in [-0.15, -0.1) is 0 Å². The van der Waals surface area contributed by atoms with Crippen LogP contribution in [0.5, 0.6) is 0 Å². The van der Waals surface area contributed by atoms with Crippen molar-refractivity contribution in [1.29, 1.82) is 0 Å². The van der Waals surface area contributed by atoms with Crippen LogP contribution in [-0.4, -0.2) is 105 Å². The van der Waals surface area contributed by atoms with Crippen LogP contribution in [-0.2, 0) is 81.6 Å². The van der Waals surface area contributed by atoms with Gasteiger partial charge in [0.2, 0.25) is 0 Å². The topological polar surface area (TPSA) is 164 Å². The molecule has 2 heterocycles. The van der Waals surface area contributed by atoms with Crippen LogP contribution in [0.2, 0.25) is 0 Å². The van der Waals surface area contributed by atoms with E-state index in [1.54, 1.807) is 6.92 Å². The van der Waals surface area contributed by atoms with E-state index in [1.165, 1.54) is 21.0 Å². The van der Waals surface area contributed by atoms with Gasteiger partial charge in [-0.1, -0.05) is 117 Å². The minimum Gasteiger partial charge on any atom is -0.469 e. The zero-order valence-corrected chi connectivity index (χ0v) is 35.7. The summed E-state index contributed by atoms with van der Waals surface area (Å²) >= 11 is 0. The zero-order chi connectivity index (χ0) is 43.4. The fourth-order valence-corrected chi connectivity index (χ4v) is 7.31. The highest BCUT2D eigenvalue weighted by molar-refractivity contribution is 5.69. The van der Waals surface area contributed by atoms with E-state index < -0.39 is 73.4 Å².